The Kier molecular flexibility index (Phi) is 3.74. The van der Waals surface area contributed by atoms with E-state index in [-0.39, 0.29) is 11.8 Å². The lowest BCUT2D eigenvalue weighted by Gasteiger charge is -2.14. The molecule has 0 spiro atoms. The molecule has 3 nitrogen and oxygen atoms in total. The summed E-state index contributed by atoms with van der Waals surface area (Å²) in [6.07, 6.45) is 4.54. The predicted octanol–water partition coefficient (Wildman–Crippen LogP) is 0.939. The van der Waals surface area contributed by atoms with Crippen molar-refractivity contribution in [2.45, 2.75) is 37.9 Å². The fraction of sp³-hybridized carbons (Fsp3) is 1.00. The van der Waals surface area contributed by atoms with Crippen LogP contribution in [0.2, 0.25) is 0 Å². The van der Waals surface area contributed by atoms with Crippen LogP contribution in [-0.2, 0) is 9.84 Å². The Bertz CT molecular complexity index is 242. The van der Waals surface area contributed by atoms with E-state index in [0.717, 1.165) is 12.8 Å². The van der Waals surface area contributed by atoms with Crippen LogP contribution in [0.1, 0.15) is 32.6 Å². The molecule has 78 valence electrons. The van der Waals surface area contributed by atoms with Gasteiger partial charge in [-0.05, 0) is 25.7 Å². The third-order valence-electron chi connectivity index (χ3n) is 2.89. The monoisotopic (exact) mass is 205 g/mol. The van der Waals surface area contributed by atoms with Crippen molar-refractivity contribution < 1.29 is 8.42 Å². The van der Waals surface area contributed by atoms with Crippen LogP contribution in [0.25, 0.3) is 0 Å². The second-order valence-electron chi connectivity index (χ2n) is 4.03. The standard InChI is InChI=1S/C9H19NO2S/c1-8(6-10)13(11,12)7-9-4-2-3-5-9/h8-9H,2-7,10H2,1H3. The first-order valence-corrected chi connectivity index (χ1v) is 6.69. The lowest BCUT2D eigenvalue weighted by atomic mass is 10.1. The Labute approximate surface area is 80.6 Å². The number of sulfone groups is 1. The fourth-order valence-electron chi connectivity index (χ4n) is 1.82. The van der Waals surface area contributed by atoms with E-state index in [9.17, 15) is 8.42 Å². The highest BCUT2D eigenvalue weighted by Gasteiger charge is 2.26. The summed E-state index contributed by atoms with van der Waals surface area (Å²) in [5, 5.41) is -0.367. The minimum Gasteiger partial charge on any atom is -0.329 e. The Morgan fingerprint density at radius 2 is 1.92 bits per heavy atom. The summed E-state index contributed by atoms with van der Waals surface area (Å²) in [4.78, 5) is 0. The van der Waals surface area contributed by atoms with Gasteiger partial charge in [0.2, 0.25) is 0 Å². The molecule has 0 saturated heterocycles. The Morgan fingerprint density at radius 3 is 2.38 bits per heavy atom. The van der Waals surface area contributed by atoms with E-state index in [1.54, 1.807) is 6.92 Å². The van der Waals surface area contributed by atoms with E-state index < -0.39 is 9.84 Å². The molecule has 0 aromatic heterocycles. The lowest BCUT2D eigenvalue weighted by molar-refractivity contribution is 0.549. The van der Waals surface area contributed by atoms with E-state index in [4.69, 9.17) is 5.73 Å². The number of hydrogen-bond donors (Lipinski definition) is 1. The van der Waals surface area contributed by atoms with Gasteiger partial charge >= 0.3 is 0 Å². The van der Waals surface area contributed by atoms with Crippen molar-refractivity contribution in [2.24, 2.45) is 11.7 Å². The zero-order valence-corrected chi connectivity index (χ0v) is 9.02. The molecule has 0 aliphatic heterocycles. The van der Waals surface area contributed by atoms with Crippen LogP contribution in [0.3, 0.4) is 0 Å². The molecule has 0 radical (unpaired) electrons. The molecule has 1 unspecified atom stereocenters. The van der Waals surface area contributed by atoms with Crippen molar-refractivity contribution in [1.29, 1.82) is 0 Å². The number of nitrogens with two attached hydrogens (primary N) is 1. The van der Waals surface area contributed by atoms with Crippen LogP contribution in [-0.4, -0.2) is 26.0 Å². The molecule has 2 N–H and O–H groups in total. The summed E-state index contributed by atoms with van der Waals surface area (Å²) < 4.78 is 23.3. The van der Waals surface area contributed by atoms with Gasteiger partial charge in [0, 0.05) is 6.54 Å². The van der Waals surface area contributed by atoms with Gasteiger partial charge in [0.15, 0.2) is 9.84 Å². The molecule has 1 atom stereocenters. The molecule has 1 saturated carbocycles. The van der Waals surface area contributed by atoms with Crippen molar-refractivity contribution in [3.05, 3.63) is 0 Å². The van der Waals surface area contributed by atoms with Crippen molar-refractivity contribution in [2.75, 3.05) is 12.3 Å². The summed E-state index contributed by atoms with van der Waals surface area (Å²) in [7, 11) is -2.92. The Morgan fingerprint density at radius 1 is 1.38 bits per heavy atom. The van der Waals surface area contributed by atoms with Crippen LogP contribution in [0.15, 0.2) is 0 Å². The van der Waals surface area contributed by atoms with Gasteiger partial charge in [-0.15, -0.1) is 0 Å². The maximum Gasteiger partial charge on any atom is 0.154 e. The molecule has 1 rings (SSSR count). The smallest absolute Gasteiger partial charge is 0.154 e. The third-order valence-corrected chi connectivity index (χ3v) is 5.24. The lowest BCUT2D eigenvalue weighted by Crippen LogP contribution is -2.30. The highest BCUT2D eigenvalue weighted by molar-refractivity contribution is 7.92. The van der Waals surface area contributed by atoms with Crippen molar-refractivity contribution >= 4 is 9.84 Å². The van der Waals surface area contributed by atoms with E-state index in [2.05, 4.69) is 0 Å². The minimum absolute atomic E-state index is 0.245. The van der Waals surface area contributed by atoms with Gasteiger partial charge in [-0.3, -0.25) is 0 Å². The van der Waals surface area contributed by atoms with Gasteiger partial charge in [0.1, 0.15) is 0 Å². The summed E-state index contributed by atoms with van der Waals surface area (Å²) >= 11 is 0. The molecule has 0 aromatic rings. The molecular formula is C9H19NO2S. The Balaban J connectivity index is 2.50. The first-order valence-electron chi connectivity index (χ1n) is 4.98. The molecule has 0 bridgehead atoms. The fourth-order valence-corrected chi connectivity index (χ4v) is 3.43. The van der Waals surface area contributed by atoms with Crippen molar-refractivity contribution in [3.8, 4) is 0 Å². The average molecular weight is 205 g/mol. The molecule has 1 fully saturated rings. The molecule has 0 aromatic carbocycles. The molecule has 0 heterocycles. The normalized spacial score (nSPS) is 22.0. The molecule has 1 aliphatic carbocycles. The van der Waals surface area contributed by atoms with Crippen LogP contribution in [0.4, 0.5) is 0 Å². The van der Waals surface area contributed by atoms with Crippen LogP contribution in [0.5, 0.6) is 0 Å². The summed E-state index contributed by atoms with van der Waals surface area (Å²) in [5.41, 5.74) is 5.35. The van der Waals surface area contributed by atoms with E-state index in [1.807, 2.05) is 0 Å². The van der Waals surface area contributed by atoms with E-state index in [0.29, 0.717) is 11.7 Å². The quantitative estimate of drug-likeness (QED) is 0.743. The number of hydrogen-bond acceptors (Lipinski definition) is 3. The molecule has 0 amide bonds. The maximum absolute atomic E-state index is 11.6. The molecular weight excluding hydrogens is 186 g/mol. The second kappa shape index (κ2) is 4.42. The largest absolute Gasteiger partial charge is 0.329 e. The van der Waals surface area contributed by atoms with Gasteiger partial charge in [-0.25, -0.2) is 8.42 Å². The topological polar surface area (TPSA) is 60.2 Å². The van der Waals surface area contributed by atoms with Crippen LogP contribution >= 0.6 is 0 Å². The average Bonchev–Trinajstić information content (AvgIpc) is 2.54. The van der Waals surface area contributed by atoms with Gasteiger partial charge in [-0.2, -0.15) is 0 Å². The zero-order valence-electron chi connectivity index (χ0n) is 8.20. The maximum atomic E-state index is 11.6. The zero-order chi connectivity index (χ0) is 9.90. The summed E-state index contributed by atoms with van der Waals surface area (Å²) in [5.74, 6) is 0.754. The van der Waals surface area contributed by atoms with Gasteiger partial charge in [0.25, 0.3) is 0 Å². The van der Waals surface area contributed by atoms with E-state index in [1.165, 1.54) is 12.8 Å². The van der Waals surface area contributed by atoms with Gasteiger partial charge in [-0.1, -0.05) is 12.8 Å². The van der Waals surface area contributed by atoms with Crippen molar-refractivity contribution in [3.63, 3.8) is 0 Å². The second-order valence-corrected chi connectivity index (χ2v) is 6.49. The first-order chi connectivity index (χ1) is 6.06. The van der Waals surface area contributed by atoms with E-state index >= 15 is 0 Å². The first kappa shape index (κ1) is 11.0. The minimum atomic E-state index is -2.92. The summed E-state index contributed by atoms with van der Waals surface area (Å²) in [6.45, 7) is 1.94. The molecule has 4 heteroatoms. The highest BCUT2D eigenvalue weighted by Crippen LogP contribution is 2.26. The molecule has 1 aliphatic rings. The predicted molar refractivity (Wildman–Crippen MR) is 54.3 cm³/mol. The Hall–Kier alpha value is -0.0900. The summed E-state index contributed by atoms with van der Waals surface area (Å²) in [6, 6.07) is 0. The third kappa shape index (κ3) is 2.95. The molecule has 13 heavy (non-hydrogen) atoms. The van der Waals surface area contributed by atoms with Gasteiger partial charge in [0.05, 0.1) is 11.0 Å². The van der Waals surface area contributed by atoms with Gasteiger partial charge < -0.3 is 5.73 Å². The highest BCUT2D eigenvalue weighted by atomic mass is 32.2. The van der Waals surface area contributed by atoms with Crippen molar-refractivity contribution in [1.82, 2.24) is 0 Å². The SMILES string of the molecule is CC(CN)S(=O)(=O)CC1CCCC1. The van der Waals surface area contributed by atoms with Crippen LogP contribution in [0, 0.1) is 5.92 Å². The van der Waals surface area contributed by atoms with Crippen LogP contribution < -0.4 is 5.73 Å². The number of rotatable bonds is 4.